The van der Waals surface area contributed by atoms with Crippen LogP contribution in [0.4, 0.5) is 0 Å². The van der Waals surface area contributed by atoms with Gasteiger partial charge in [-0.2, -0.15) is 0 Å². The molecule has 0 spiro atoms. The Kier molecular flexibility index (Phi) is 5.08. The summed E-state index contributed by atoms with van der Waals surface area (Å²) in [7, 11) is 3.44. The molecule has 1 aliphatic rings. The summed E-state index contributed by atoms with van der Waals surface area (Å²) in [6.07, 6.45) is 5.01. The lowest BCUT2D eigenvalue weighted by Crippen LogP contribution is -2.29. The Morgan fingerprint density at radius 2 is 1.79 bits per heavy atom. The summed E-state index contributed by atoms with van der Waals surface area (Å²) in [5, 5.41) is 0. The molecule has 3 heteroatoms. The third-order valence-electron chi connectivity index (χ3n) is 3.87. The van der Waals surface area contributed by atoms with E-state index in [4.69, 9.17) is 9.47 Å². The fraction of sp³-hybridized carbons (Fsp3) is 0.625. The molecule has 1 aromatic rings. The van der Waals surface area contributed by atoms with Crippen molar-refractivity contribution in [1.82, 2.24) is 4.90 Å². The molecule has 0 saturated carbocycles. The second-order valence-corrected chi connectivity index (χ2v) is 5.18. The number of piperidine rings is 1. The minimum atomic E-state index is 0.855. The van der Waals surface area contributed by atoms with Gasteiger partial charge in [0.15, 0.2) is 11.5 Å². The highest BCUT2D eigenvalue weighted by Crippen LogP contribution is 2.34. The smallest absolute Gasteiger partial charge is 0.165 e. The van der Waals surface area contributed by atoms with Crippen LogP contribution in [0.5, 0.6) is 11.5 Å². The molecule has 19 heavy (non-hydrogen) atoms. The number of methoxy groups -OCH3 is 2. The number of hydrogen-bond donors (Lipinski definition) is 0. The van der Waals surface area contributed by atoms with E-state index in [1.165, 1.54) is 43.5 Å². The maximum absolute atomic E-state index is 5.56. The number of aryl methyl sites for hydroxylation is 1. The summed E-state index contributed by atoms with van der Waals surface area (Å²) >= 11 is 0. The van der Waals surface area contributed by atoms with Crippen molar-refractivity contribution in [3.8, 4) is 11.5 Å². The molecule has 0 aromatic heterocycles. The molecule has 2 rings (SSSR count). The average Bonchev–Trinajstić information content (AvgIpc) is 2.47. The van der Waals surface area contributed by atoms with Gasteiger partial charge in [-0.05, 0) is 44.0 Å². The van der Waals surface area contributed by atoms with Crippen LogP contribution in [0.3, 0.4) is 0 Å². The van der Waals surface area contributed by atoms with E-state index in [0.29, 0.717) is 0 Å². The van der Waals surface area contributed by atoms with Crippen LogP contribution in [0.2, 0.25) is 0 Å². The van der Waals surface area contributed by atoms with Crippen LogP contribution < -0.4 is 9.47 Å². The number of nitrogens with zero attached hydrogens (tertiary/aromatic N) is 1. The summed E-state index contributed by atoms with van der Waals surface area (Å²) < 4.78 is 11.0. The first kappa shape index (κ1) is 14.2. The van der Waals surface area contributed by atoms with E-state index in [1.54, 1.807) is 14.2 Å². The van der Waals surface area contributed by atoms with Gasteiger partial charge in [-0.15, -0.1) is 0 Å². The second kappa shape index (κ2) is 6.80. The van der Waals surface area contributed by atoms with Crippen molar-refractivity contribution in [3.63, 3.8) is 0 Å². The number of ether oxygens (including phenoxy) is 2. The lowest BCUT2D eigenvalue weighted by Gasteiger charge is -2.27. The molecular formula is C16H25NO2. The predicted octanol–water partition coefficient (Wildman–Crippen LogP) is 3.25. The van der Waals surface area contributed by atoms with Gasteiger partial charge in [-0.3, -0.25) is 4.90 Å². The van der Waals surface area contributed by atoms with Crippen LogP contribution in [0.1, 0.15) is 37.3 Å². The van der Waals surface area contributed by atoms with E-state index in [9.17, 15) is 0 Å². The van der Waals surface area contributed by atoms with E-state index in [0.717, 1.165) is 24.5 Å². The zero-order valence-corrected chi connectivity index (χ0v) is 12.4. The van der Waals surface area contributed by atoms with Crippen molar-refractivity contribution >= 4 is 0 Å². The van der Waals surface area contributed by atoms with Crippen molar-refractivity contribution in [1.29, 1.82) is 0 Å². The highest BCUT2D eigenvalue weighted by atomic mass is 16.5. The monoisotopic (exact) mass is 263 g/mol. The quantitative estimate of drug-likeness (QED) is 0.814. The Morgan fingerprint density at radius 1 is 1.05 bits per heavy atom. The van der Waals surface area contributed by atoms with Gasteiger partial charge in [-0.1, -0.05) is 19.4 Å². The zero-order valence-electron chi connectivity index (χ0n) is 12.4. The molecule has 1 aliphatic heterocycles. The molecule has 3 nitrogen and oxygen atoms in total. The molecule has 0 radical (unpaired) electrons. The van der Waals surface area contributed by atoms with E-state index in [-0.39, 0.29) is 0 Å². The van der Waals surface area contributed by atoms with E-state index in [2.05, 4.69) is 24.0 Å². The van der Waals surface area contributed by atoms with Gasteiger partial charge in [-0.25, -0.2) is 0 Å². The molecule has 1 fully saturated rings. The maximum atomic E-state index is 5.56. The minimum Gasteiger partial charge on any atom is -0.493 e. The Labute approximate surface area is 116 Å². The van der Waals surface area contributed by atoms with Crippen LogP contribution in [0.25, 0.3) is 0 Å². The van der Waals surface area contributed by atoms with Gasteiger partial charge in [0.25, 0.3) is 0 Å². The Balaban J connectivity index is 2.25. The van der Waals surface area contributed by atoms with Crippen molar-refractivity contribution in [3.05, 3.63) is 23.3 Å². The van der Waals surface area contributed by atoms with Gasteiger partial charge >= 0.3 is 0 Å². The lowest BCUT2D eigenvalue weighted by molar-refractivity contribution is 0.217. The Hall–Kier alpha value is -1.22. The minimum absolute atomic E-state index is 0.855. The number of rotatable bonds is 5. The fourth-order valence-corrected chi connectivity index (χ4v) is 2.79. The number of benzene rings is 1. The molecule has 0 N–H and O–H groups in total. The van der Waals surface area contributed by atoms with Crippen molar-refractivity contribution < 1.29 is 9.47 Å². The summed E-state index contributed by atoms with van der Waals surface area (Å²) in [4.78, 5) is 2.51. The first-order chi connectivity index (χ1) is 9.28. The summed E-state index contributed by atoms with van der Waals surface area (Å²) in [6.45, 7) is 5.53. The van der Waals surface area contributed by atoms with E-state index < -0.39 is 0 Å². The van der Waals surface area contributed by atoms with Gasteiger partial charge in [0, 0.05) is 12.1 Å². The van der Waals surface area contributed by atoms with Gasteiger partial charge in [0.05, 0.1) is 14.2 Å². The van der Waals surface area contributed by atoms with E-state index in [1.807, 2.05) is 0 Å². The number of hydrogen-bond acceptors (Lipinski definition) is 3. The van der Waals surface area contributed by atoms with Crippen LogP contribution >= 0.6 is 0 Å². The first-order valence-electron chi connectivity index (χ1n) is 7.24. The molecule has 0 aliphatic carbocycles. The molecule has 0 amide bonds. The molecule has 106 valence electrons. The molecule has 0 unspecified atom stereocenters. The average molecular weight is 263 g/mol. The SMILES string of the molecule is CCc1cc(CN2CCCCC2)c(OC)c(OC)c1. The molecule has 1 saturated heterocycles. The van der Waals surface area contributed by atoms with Crippen LogP contribution in [-0.2, 0) is 13.0 Å². The van der Waals surface area contributed by atoms with Gasteiger partial charge in [0.2, 0.25) is 0 Å². The number of likely N-dealkylation sites (tertiary alicyclic amines) is 1. The topological polar surface area (TPSA) is 21.7 Å². The van der Waals surface area contributed by atoms with Gasteiger partial charge in [0.1, 0.15) is 0 Å². The third kappa shape index (κ3) is 3.41. The predicted molar refractivity (Wildman–Crippen MR) is 78.1 cm³/mol. The second-order valence-electron chi connectivity index (χ2n) is 5.18. The van der Waals surface area contributed by atoms with Crippen molar-refractivity contribution in [2.24, 2.45) is 0 Å². The first-order valence-corrected chi connectivity index (χ1v) is 7.24. The third-order valence-corrected chi connectivity index (χ3v) is 3.87. The Bertz CT molecular complexity index is 411. The molecular weight excluding hydrogens is 238 g/mol. The van der Waals surface area contributed by atoms with Crippen LogP contribution in [0, 0.1) is 0 Å². The maximum Gasteiger partial charge on any atom is 0.165 e. The summed E-state index contributed by atoms with van der Waals surface area (Å²) in [5.74, 6) is 1.75. The normalized spacial score (nSPS) is 16.4. The highest BCUT2D eigenvalue weighted by molar-refractivity contribution is 5.49. The molecule has 0 atom stereocenters. The summed E-state index contributed by atoms with van der Waals surface area (Å²) in [6, 6.07) is 4.34. The highest BCUT2D eigenvalue weighted by Gasteiger charge is 2.16. The molecule has 0 bridgehead atoms. The largest absolute Gasteiger partial charge is 0.493 e. The van der Waals surface area contributed by atoms with E-state index >= 15 is 0 Å². The Morgan fingerprint density at radius 3 is 2.37 bits per heavy atom. The van der Waals surface area contributed by atoms with Crippen LogP contribution in [-0.4, -0.2) is 32.2 Å². The van der Waals surface area contributed by atoms with Gasteiger partial charge < -0.3 is 9.47 Å². The van der Waals surface area contributed by atoms with Crippen LogP contribution in [0.15, 0.2) is 12.1 Å². The van der Waals surface area contributed by atoms with Crippen molar-refractivity contribution in [2.45, 2.75) is 39.2 Å². The lowest BCUT2D eigenvalue weighted by atomic mass is 10.0. The standard InChI is InChI=1S/C16H25NO2/c1-4-13-10-14(12-17-8-6-5-7-9-17)16(19-3)15(11-13)18-2/h10-11H,4-9,12H2,1-3H3. The fourth-order valence-electron chi connectivity index (χ4n) is 2.79. The molecule has 1 aromatic carbocycles. The zero-order chi connectivity index (χ0) is 13.7. The molecule has 1 heterocycles. The summed E-state index contributed by atoms with van der Waals surface area (Å²) in [5.41, 5.74) is 2.56. The van der Waals surface area contributed by atoms with Crippen molar-refractivity contribution in [2.75, 3.05) is 27.3 Å².